The average Bonchev–Trinajstić information content (AvgIpc) is 2.38. The highest BCUT2D eigenvalue weighted by molar-refractivity contribution is 5.37. The van der Waals surface area contributed by atoms with Crippen molar-refractivity contribution in [3.8, 4) is 0 Å². The molecule has 0 heterocycles. The summed E-state index contributed by atoms with van der Waals surface area (Å²) in [5, 5.41) is 0. The number of nitrogens with two attached hydrogens (primary N) is 1. The van der Waals surface area contributed by atoms with Crippen LogP contribution in [0.5, 0.6) is 0 Å². The van der Waals surface area contributed by atoms with Crippen LogP contribution in [0, 0.1) is 36.5 Å². The van der Waals surface area contributed by atoms with Crippen molar-refractivity contribution in [1.82, 2.24) is 0 Å². The van der Waals surface area contributed by atoms with E-state index < -0.39 is 0 Å². The zero-order chi connectivity index (χ0) is 14.8. The topological polar surface area (TPSA) is 26.0 Å². The van der Waals surface area contributed by atoms with E-state index in [1.54, 1.807) is 0 Å². The molecular weight excluding hydrogens is 254 g/mol. The van der Waals surface area contributed by atoms with Crippen molar-refractivity contribution in [3.63, 3.8) is 0 Å². The van der Waals surface area contributed by atoms with E-state index in [2.05, 4.69) is 39.0 Å². The lowest BCUT2D eigenvalue weighted by Crippen LogP contribution is -2.54. The van der Waals surface area contributed by atoms with Crippen molar-refractivity contribution in [1.29, 1.82) is 0 Å². The Kier molecular flexibility index (Phi) is 2.86. The third-order valence-electron chi connectivity index (χ3n) is 7.04. The molecule has 4 aliphatic carbocycles. The second-order valence-corrected chi connectivity index (χ2v) is 8.90. The van der Waals surface area contributed by atoms with E-state index in [-0.39, 0.29) is 6.04 Å². The molecule has 2 N–H and O–H groups in total. The van der Waals surface area contributed by atoms with Gasteiger partial charge < -0.3 is 5.73 Å². The van der Waals surface area contributed by atoms with Gasteiger partial charge in [-0.3, -0.25) is 0 Å². The van der Waals surface area contributed by atoms with Gasteiger partial charge in [-0.05, 0) is 91.7 Å². The molecule has 4 bridgehead atoms. The van der Waals surface area contributed by atoms with Crippen molar-refractivity contribution < 1.29 is 0 Å². The zero-order valence-electron chi connectivity index (χ0n) is 13.8. The van der Waals surface area contributed by atoms with Gasteiger partial charge >= 0.3 is 0 Å². The van der Waals surface area contributed by atoms with Gasteiger partial charge in [0.2, 0.25) is 0 Å². The number of rotatable bonds is 2. The molecule has 0 saturated heterocycles. The molecule has 0 spiro atoms. The lowest BCUT2D eigenvalue weighted by Gasteiger charge is -2.63. The van der Waals surface area contributed by atoms with Crippen molar-refractivity contribution in [2.75, 3.05) is 0 Å². The lowest BCUT2D eigenvalue weighted by atomic mass is 9.43. The second kappa shape index (κ2) is 4.35. The Labute approximate surface area is 129 Å². The van der Waals surface area contributed by atoms with Crippen LogP contribution in [0.3, 0.4) is 0 Å². The van der Waals surface area contributed by atoms with Gasteiger partial charge in [-0.1, -0.05) is 25.1 Å². The number of hydrogen-bond donors (Lipinski definition) is 1. The highest BCUT2D eigenvalue weighted by Crippen LogP contribution is 2.68. The molecule has 21 heavy (non-hydrogen) atoms. The fourth-order valence-corrected chi connectivity index (χ4v) is 6.60. The van der Waals surface area contributed by atoms with Crippen molar-refractivity contribution >= 4 is 0 Å². The van der Waals surface area contributed by atoms with Crippen LogP contribution in [0.25, 0.3) is 0 Å². The number of benzene rings is 1. The second-order valence-electron chi connectivity index (χ2n) is 8.90. The third kappa shape index (κ3) is 2.00. The van der Waals surface area contributed by atoms with Crippen LogP contribution < -0.4 is 5.73 Å². The SMILES string of the molecule is Cc1cccc(C(N)C23CC4CC(CC(C)(C4)C2)C3)c1C. The highest BCUT2D eigenvalue weighted by atomic mass is 14.8. The van der Waals surface area contributed by atoms with Gasteiger partial charge in [-0.25, -0.2) is 0 Å². The van der Waals surface area contributed by atoms with Crippen LogP contribution in [0.15, 0.2) is 18.2 Å². The van der Waals surface area contributed by atoms with Crippen LogP contribution in [-0.2, 0) is 0 Å². The standard InChI is InChI=1S/C20H29N/c1-13-5-4-6-17(14(13)2)18(21)20-10-15-7-16(11-20)9-19(3,8-15)12-20/h4-6,15-16,18H,7-12,21H2,1-3H3. The average molecular weight is 283 g/mol. The van der Waals surface area contributed by atoms with Gasteiger partial charge in [-0.15, -0.1) is 0 Å². The van der Waals surface area contributed by atoms with Gasteiger partial charge in [0, 0.05) is 6.04 Å². The van der Waals surface area contributed by atoms with E-state index in [1.807, 2.05) is 0 Å². The summed E-state index contributed by atoms with van der Waals surface area (Å²) in [6, 6.07) is 6.93. The Bertz CT molecular complexity index is 559. The molecule has 0 radical (unpaired) electrons. The quantitative estimate of drug-likeness (QED) is 0.820. The summed E-state index contributed by atoms with van der Waals surface area (Å²) in [5.41, 5.74) is 12.1. The predicted molar refractivity (Wildman–Crippen MR) is 88.1 cm³/mol. The first kappa shape index (κ1) is 13.8. The molecule has 0 aromatic heterocycles. The Balaban J connectivity index is 1.74. The molecule has 1 nitrogen and oxygen atoms in total. The minimum atomic E-state index is 0.239. The molecule has 1 aromatic rings. The molecule has 4 aliphatic rings. The lowest BCUT2D eigenvalue weighted by molar-refractivity contribution is -0.113. The normalized spacial score (nSPS) is 42.3. The minimum Gasteiger partial charge on any atom is -0.323 e. The summed E-state index contributed by atoms with van der Waals surface area (Å²) in [6.45, 7) is 7.01. The minimum absolute atomic E-state index is 0.239. The van der Waals surface area contributed by atoms with Crippen molar-refractivity contribution in [2.45, 2.75) is 65.3 Å². The van der Waals surface area contributed by atoms with Gasteiger partial charge in [0.1, 0.15) is 0 Å². The monoisotopic (exact) mass is 283 g/mol. The number of hydrogen-bond acceptors (Lipinski definition) is 1. The Hall–Kier alpha value is -0.820. The Morgan fingerprint density at radius 2 is 1.76 bits per heavy atom. The first-order valence-electron chi connectivity index (χ1n) is 8.73. The van der Waals surface area contributed by atoms with E-state index in [0.29, 0.717) is 10.8 Å². The Morgan fingerprint density at radius 3 is 2.38 bits per heavy atom. The van der Waals surface area contributed by atoms with Crippen molar-refractivity contribution in [3.05, 3.63) is 34.9 Å². The molecule has 5 rings (SSSR count). The molecule has 3 unspecified atom stereocenters. The summed E-state index contributed by atoms with van der Waals surface area (Å²) >= 11 is 0. The van der Waals surface area contributed by atoms with Crippen LogP contribution >= 0.6 is 0 Å². The largest absolute Gasteiger partial charge is 0.323 e. The maximum absolute atomic E-state index is 6.92. The molecule has 3 atom stereocenters. The molecule has 0 amide bonds. The van der Waals surface area contributed by atoms with E-state index >= 15 is 0 Å². The first-order valence-corrected chi connectivity index (χ1v) is 8.73. The fraction of sp³-hybridized carbons (Fsp3) is 0.700. The fourth-order valence-electron chi connectivity index (χ4n) is 6.60. The summed E-state index contributed by atoms with van der Waals surface area (Å²) in [6.07, 6.45) is 8.54. The van der Waals surface area contributed by atoms with Crippen LogP contribution in [0.4, 0.5) is 0 Å². The smallest absolute Gasteiger partial charge is 0.0355 e. The highest BCUT2D eigenvalue weighted by Gasteiger charge is 2.57. The molecular formula is C20H29N. The third-order valence-corrected chi connectivity index (χ3v) is 7.04. The number of aryl methyl sites for hydroxylation is 1. The van der Waals surface area contributed by atoms with E-state index in [0.717, 1.165) is 11.8 Å². The van der Waals surface area contributed by atoms with Gasteiger partial charge in [0.05, 0.1) is 0 Å². The van der Waals surface area contributed by atoms with Crippen molar-refractivity contribution in [2.24, 2.45) is 28.4 Å². The molecule has 0 aliphatic heterocycles. The van der Waals surface area contributed by atoms with E-state index in [4.69, 9.17) is 5.73 Å². The maximum Gasteiger partial charge on any atom is 0.0355 e. The van der Waals surface area contributed by atoms with E-state index in [9.17, 15) is 0 Å². The van der Waals surface area contributed by atoms with Crippen LogP contribution in [-0.4, -0.2) is 0 Å². The van der Waals surface area contributed by atoms with Gasteiger partial charge in [-0.2, -0.15) is 0 Å². The summed E-state index contributed by atoms with van der Waals surface area (Å²) < 4.78 is 0. The first-order chi connectivity index (χ1) is 9.91. The molecule has 4 fully saturated rings. The van der Waals surface area contributed by atoms with E-state index in [1.165, 1.54) is 55.2 Å². The van der Waals surface area contributed by atoms with Crippen LogP contribution in [0.2, 0.25) is 0 Å². The van der Waals surface area contributed by atoms with Gasteiger partial charge in [0.25, 0.3) is 0 Å². The Morgan fingerprint density at radius 1 is 1.10 bits per heavy atom. The molecule has 1 heteroatoms. The predicted octanol–water partition coefficient (Wildman–Crippen LogP) is 4.91. The molecule has 1 aromatic carbocycles. The molecule has 4 saturated carbocycles. The zero-order valence-corrected chi connectivity index (χ0v) is 13.8. The summed E-state index contributed by atoms with van der Waals surface area (Å²) in [7, 11) is 0. The molecule has 114 valence electrons. The summed E-state index contributed by atoms with van der Waals surface area (Å²) in [5.74, 6) is 1.90. The van der Waals surface area contributed by atoms with Crippen LogP contribution in [0.1, 0.15) is 68.2 Å². The maximum atomic E-state index is 6.92. The summed E-state index contributed by atoms with van der Waals surface area (Å²) in [4.78, 5) is 0. The van der Waals surface area contributed by atoms with Gasteiger partial charge in [0.15, 0.2) is 0 Å².